The fourth-order valence-electron chi connectivity index (χ4n) is 3.10. The first-order valence-corrected chi connectivity index (χ1v) is 9.02. The van der Waals surface area contributed by atoms with E-state index in [1.165, 1.54) is 6.20 Å². The van der Waals surface area contributed by atoms with Gasteiger partial charge in [-0.05, 0) is 31.9 Å². The molecule has 1 aromatic carbocycles. The van der Waals surface area contributed by atoms with Crippen molar-refractivity contribution in [1.29, 1.82) is 0 Å². The first-order valence-electron chi connectivity index (χ1n) is 8.65. The number of carbonyl (C=O) groups is 1. The van der Waals surface area contributed by atoms with E-state index in [1.807, 2.05) is 31.2 Å². The monoisotopic (exact) mass is 370 g/mol. The number of carbonyl (C=O) groups excluding carboxylic acids is 1. The number of nitrogens with one attached hydrogen (secondary N) is 2. The van der Waals surface area contributed by atoms with E-state index in [4.69, 9.17) is 11.6 Å². The zero-order chi connectivity index (χ0) is 18.1. The van der Waals surface area contributed by atoms with E-state index < -0.39 is 0 Å². The summed E-state index contributed by atoms with van der Waals surface area (Å²) >= 11 is 6.16. The summed E-state index contributed by atoms with van der Waals surface area (Å²) in [4.78, 5) is 31.1. The Morgan fingerprint density at radius 2 is 2.04 bits per heavy atom. The summed E-state index contributed by atoms with van der Waals surface area (Å²) in [6.45, 7) is 3.67. The molecule has 1 fully saturated rings. The van der Waals surface area contributed by atoms with E-state index in [1.54, 1.807) is 0 Å². The fraction of sp³-hybridized carbons (Fsp3) is 0.333. The number of para-hydroxylation sites is 2. The van der Waals surface area contributed by atoms with E-state index in [-0.39, 0.29) is 22.7 Å². The van der Waals surface area contributed by atoms with Crippen LogP contribution in [0.25, 0.3) is 11.0 Å². The summed E-state index contributed by atoms with van der Waals surface area (Å²) < 4.78 is 0. The number of imidazole rings is 1. The average Bonchev–Trinajstić information content (AvgIpc) is 3.31. The van der Waals surface area contributed by atoms with Crippen LogP contribution in [0, 0.1) is 0 Å². The molecule has 4 rings (SSSR count). The maximum atomic E-state index is 12.7. The van der Waals surface area contributed by atoms with Crippen molar-refractivity contribution >= 4 is 34.5 Å². The molecule has 1 amide bonds. The molecule has 1 aliphatic rings. The molecule has 0 saturated carbocycles. The van der Waals surface area contributed by atoms with Crippen molar-refractivity contribution in [3.05, 3.63) is 47.0 Å². The minimum Gasteiger partial charge on any atom is -0.341 e. The summed E-state index contributed by atoms with van der Waals surface area (Å²) in [6, 6.07) is 7.43. The molecule has 3 heterocycles. The predicted molar refractivity (Wildman–Crippen MR) is 100 cm³/mol. The van der Waals surface area contributed by atoms with Crippen LogP contribution in [-0.4, -0.2) is 38.9 Å². The number of hydrogen-bond donors (Lipinski definition) is 2. The smallest absolute Gasteiger partial charge is 0.272 e. The molecule has 0 bridgehead atoms. The lowest BCUT2D eigenvalue weighted by Gasteiger charge is -2.17. The third-order valence-corrected chi connectivity index (χ3v) is 4.78. The van der Waals surface area contributed by atoms with Gasteiger partial charge in [0.05, 0.1) is 28.3 Å². The van der Waals surface area contributed by atoms with Crippen LogP contribution >= 0.6 is 11.6 Å². The Bertz CT molecular complexity index is 917. The quantitative estimate of drug-likeness (QED) is 0.736. The molecule has 0 radical (unpaired) electrons. The molecular weight excluding hydrogens is 352 g/mol. The Morgan fingerprint density at radius 3 is 2.81 bits per heavy atom. The Kier molecular flexibility index (Phi) is 4.46. The zero-order valence-corrected chi connectivity index (χ0v) is 15.1. The number of benzene rings is 1. The molecule has 0 aliphatic carbocycles. The number of aromatic nitrogens is 4. The highest BCUT2D eigenvalue weighted by Gasteiger charge is 2.21. The first kappa shape index (κ1) is 16.8. The molecule has 134 valence electrons. The maximum Gasteiger partial charge on any atom is 0.272 e. The highest BCUT2D eigenvalue weighted by molar-refractivity contribution is 6.33. The van der Waals surface area contributed by atoms with Gasteiger partial charge in [0.2, 0.25) is 5.95 Å². The van der Waals surface area contributed by atoms with Crippen molar-refractivity contribution in [3.63, 3.8) is 0 Å². The highest BCUT2D eigenvalue weighted by atomic mass is 35.5. The van der Waals surface area contributed by atoms with Gasteiger partial charge in [-0.2, -0.15) is 0 Å². The third kappa shape index (κ3) is 3.22. The van der Waals surface area contributed by atoms with E-state index >= 15 is 0 Å². The normalized spacial score (nSPS) is 15.4. The molecular formula is C18H19ClN6O. The van der Waals surface area contributed by atoms with Crippen molar-refractivity contribution in [2.75, 3.05) is 18.0 Å². The molecule has 1 atom stereocenters. The number of rotatable bonds is 4. The van der Waals surface area contributed by atoms with Crippen LogP contribution in [0.3, 0.4) is 0 Å². The van der Waals surface area contributed by atoms with Crippen molar-refractivity contribution in [3.8, 4) is 0 Å². The summed E-state index contributed by atoms with van der Waals surface area (Å²) in [6.07, 6.45) is 3.70. The zero-order valence-electron chi connectivity index (χ0n) is 14.4. The third-order valence-electron chi connectivity index (χ3n) is 4.50. The molecule has 2 aromatic heterocycles. The number of fused-ring (bicyclic) bond motifs is 1. The molecule has 3 aromatic rings. The lowest BCUT2D eigenvalue weighted by atomic mass is 10.3. The van der Waals surface area contributed by atoms with E-state index in [0.29, 0.717) is 11.8 Å². The van der Waals surface area contributed by atoms with Crippen molar-refractivity contribution in [2.45, 2.75) is 25.8 Å². The number of amides is 1. The van der Waals surface area contributed by atoms with Crippen LogP contribution in [0.2, 0.25) is 5.02 Å². The summed E-state index contributed by atoms with van der Waals surface area (Å²) in [5, 5.41) is 3.14. The number of hydrogen-bond acceptors (Lipinski definition) is 5. The lowest BCUT2D eigenvalue weighted by Crippen LogP contribution is -2.29. The number of halogens is 1. The number of H-pyrrole nitrogens is 1. The van der Waals surface area contributed by atoms with Gasteiger partial charge in [0.1, 0.15) is 5.82 Å². The topological polar surface area (TPSA) is 86.8 Å². The minimum absolute atomic E-state index is 0.187. The second kappa shape index (κ2) is 6.92. The maximum absolute atomic E-state index is 12.7. The number of nitrogens with zero attached hydrogens (tertiary/aromatic N) is 4. The van der Waals surface area contributed by atoms with Crippen LogP contribution < -0.4 is 10.2 Å². The van der Waals surface area contributed by atoms with Crippen LogP contribution in [0.5, 0.6) is 0 Å². The Hall–Kier alpha value is -2.67. The standard InChI is InChI=1S/C18H19ClN6O/c1-11(16-22-13-6-2-3-7-14(13)23-16)21-17(26)15-12(19)10-20-18(24-15)25-8-4-5-9-25/h2-3,6-7,10-11H,4-5,8-9H2,1H3,(H,21,26)(H,22,23). The summed E-state index contributed by atoms with van der Waals surface area (Å²) in [5.74, 6) is 0.892. The van der Waals surface area contributed by atoms with Crippen molar-refractivity contribution < 1.29 is 4.79 Å². The van der Waals surface area contributed by atoms with Crippen LogP contribution in [0.1, 0.15) is 42.1 Å². The van der Waals surface area contributed by atoms with Gasteiger partial charge in [-0.1, -0.05) is 23.7 Å². The van der Waals surface area contributed by atoms with Crippen LogP contribution in [-0.2, 0) is 0 Å². The highest BCUT2D eigenvalue weighted by Crippen LogP contribution is 2.21. The molecule has 1 aliphatic heterocycles. The number of aromatic amines is 1. The average molecular weight is 371 g/mol. The summed E-state index contributed by atoms with van der Waals surface area (Å²) in [5.41, 5.74) is 1.98. The van der Waals surface area contributed by atoms with E-state index in [9.17, 15) is 4.79 Å². The van der Waals surface area contributed by atoms with Crippen LogP contribution in [0.15, 0.2) is 30.5 Å². The minimum atomic E-state index is -0.342. The Morgan fingerprint density at radius 1 is 1.27 bits per heavy atom. The second-order valence-electron chi connectivity index (χ2n) is 6.40. The molecule has 1 unspecified atom stereocenters. The van der Waals surface area contributed by atoms with Crippen LogP contribution in [0.4, 0.5) is 5.95 Å². The van der Waals surface area contributed by atoms with Gasteiger partial charge < -0.3 is 15.2 Å². The summed E-state index contributed by atoms with van der Waals surface area (Å²) in [7, 11) is 0. The fourth-order valence-corrected chi connectivity index (χ4v) is 3.27. The van der Waals surface area contributed by atoms with Crippen molar-refractivity contribution in [1.82, 2.24) is 25.3 Å². The molecule has 26 heavy (non-hydrogen) atoms. The molecule has 0 spiro atoms. The predicted octanol–water partition coefficient (Wildman–Crippen LogP) is 3.10. The number of anilines is 1. The molecule has 1 saturated heterocycles. The molecule has 8 heteroatoms. The van der Waals surface area contributed by atoms with Gasteiger partial charge in [-0.15, -0.1) is 0 Å². The lowest BCUT2D eigenvalue weighted by molar-refractivity contribution is 0.0933. The first-order chi connectivity index (χ1) is 12.6. The van der Waals surface area contributed by atoms with Gasteiger partial charge in [-0.3, -0.25) is 4.79 Å². The molecule has 7 nitrogen and oxygen atoms in total. The Balaban J connectivity index is 1.54. The van der Waals surface area contributed by atoms with Gasteiger partial charge in [-0.25, -0.2) is 15.0 Å². The SMILES string of the molecule is CC(NC(=O)c1nc(N2CCCC2)ncc1Cl)c1nc2ccccc2[nH]1. The second-order valence-corrected chi connectivity index (χ2v) is 6.80. The molecule has 2 N–H and O–H groups in total. The van der Waals surface area contributed by atoms with Gasteiger partial charge >= 0.3 is 0 Å². The largest absolute Gasteiger partial charge is 0.341 e. The van der Waals surface area contributed by atoms with E-state index in [2.05, 4.69) is 30.2 Å². The van der Waals surface area contributed by atoms with E-state index in [0.717, 1.165) is 37.0 Å². The van der Waals surface area contributed by atoms with Gasteiger partial charge in [0, 0.05) is 13.1 Å². The van der Waals surface area contributed by atoms with Crippen molar-refractivity contribution in [2.24, 2.45) is 0 Å². The van der Waals surface area contributed by atoms with Gasteiger partial charge in [0.25, 0.3) is 5.91 Å². The Labute approximate surface area is 155 Å². The van der Waals surface area contributed by atoms with Gasteiger partial charge in [0.15, 0.2) is 5.69 Å².